The summed E-state index contributed by atoms with van der Waals surface area (Å²) in [5.74, 6) is 0.497. The molecule has 2 aliphatic rings. The molecule has 2 aliphatic carbocycles. The Morgan fingerprint density at radius 2 is 1.28 bits per heavy atom. The van der Waals surface area contributed by atoms with Gasteiger partial charge in [0, 0.05) is 0 Å². The van der Waals surface area contributed by atoms with Gasteiger partial charge in [-0.3, -0.25) is 0 Å². The summed E-state index contributed by atoms with van der Waals surface area (Å²) < 4.78 is 12.4. The predicted octanol–water partition coefficient (Wildman–Crippen LogP) is 1.49. The van der Waals surface area contributed by atoms with Crippen LogP contribution in [-0.4, -0.2) is 4.21 Å². The second kappa shape index (κ2) is 7.74. The number of benzene rings is 2. The molecule has 0 N–H and O–H groups in total. The summed E-state index contributed by atoms with van der Waals surface area (Å²) in [6.07, 6.45) is 5.03. The molecule has 0 spiro atoms. The average molecular weight is 507 g/mol. The largest absolute Gasteiger partial charge is 1.00 e. The number of allylic oxidation sites excluding steroid dienone is 4. The van der Waals surface area contributed by atoms with Gasteiger partial charge >= 0.3 is 166 Å². The summed E-state index contributed by atoms with van der Waals surface area (Å²) in [5.41, 5.74) is 7.52. The predicted molar refractivity (Wildman–Crippen MR) is 117 cm³/mol. The zero-order valence-corrected chi connectivity index (χ0v) is 22.4. The number of hydrogen-bond acceptors (Lipinski definition) is 0. The van der Waals surface area contributed by atoms with Crippen molar-refractivity contribution in [2.24, 2.45) is 11.3 Å². The van der Waals surface area contributed by atoms with Gasteiger partial charge in [-0.05, 0) is 0 Å². The van der Waals surface area contributed by atoms with Crippen LogP contribution in [0.5, 0.6) is 0 Å². The fourth-order valence-electron chi connectivity index (χ4n) is 5.48. The zero-order valence-electron chi connectivity index (χ0n) is 18.4. The molecular formula is C26H32Cl2Zr. The standard InChI is InChI=1S/C13H9.C10H15.2CH3.CH2.2ClH.Zr/c1-3-7-12-10(5-1)9-11-6-2-4-8-13(11)12;1-8-5-6-9(7-8)10(2,3)4;;;;;;/h1-9H;6-8H,1-4H3;2*1H3;1H2;2*1H;/q;;;;;;;+2/p-2. The third-order valence-electron chi connectivity index (χ3n) is 6.80. The molecule has 0 amide bonds. The molecule has 0 heterocycles. The van der Waals surface area contributed by atoms with Gasteiger partial charge in [0.05, 0.1) is 0 Å². The Morgan fingerprint density at radius 1 is 0.828 bits per heavy atom. The summed E-state index contributed by atoms with van der Waals surface area (Å²) in [4.78, 5) is 0. The van der Waals surface area contributed by atoms with Crippen LogP contribution >= 0.6 is 0 Å². The maximum Gasteiger partial charge on any atom is -1.00 e. The van der Waals surface area contributed by atoms with Crippen LogP contribution in [0.3, 0.4) is 0 Å². The van der Waals surface area contributed by atoms with Crippen molar-refractivity contribution in [3.8, 4) is 11.1 Å². The molecule has 0 bridgehead atoms. The average Bonchev–Trinajstić information content (AvgIpc) is 3.14. The topological polar surface area (TPSA) is 0 Å². The Balaban J connectivity index is 0.00000150. The quantitative estimate of drug-likeness (QED) is 0.579. The van der Waals surface area contributed by atoms with Gasteiger partial charge in [0.2, 0.25) is 0 Å². The third kappa shape index (κ3) is 3.84. The molecule has 0 nitrogen and oxygen atoms in total. The Kier molecular flexibility index (Phi) is 6.55. The first-order chi connectivity index (χ1) is 12.5. The monoisotopic (exact) mass is 504 g/mol. The Morgan fingerprint density at radius 3 is 1.69 bits per heavy atom. The van der Waals surface area contributed by atoms with E-state index in [9.17, 15) is 0 Å². The third-order valence-corrected chi connectivity index (χ3v) is 19.0. The second-order valence-corrected chi connectivity index (χ2v) is 27.3. The van der Waals surface area contributed by atoms with Crippen LogP contribution in [0.1, 0.15) is 42.4 Å². The number of hydrogen-bond donors (Lipinski definition) is 0. The van der Waals surface area contributed by atoms with E-state index in [2.05, 4.69) is 97.6 Å². The van der Waals surface area contributed by atoms with Crippen molar-refractivity contribution in [1.82, 2.24) is 0 Å². The van der Waals surface area contributed by atoms with Gasteiger partial charge < -0.3 is 24.8 Å². The molecule has 29 heavy (non-hydrogen) atoms. The molecule has 0 aliphatic heterocycles. The van der Waals surface area contributed by atoms with Crippen molar-refractivity contribution in [3.05, 3.63) is 80.7 Å². The molecule has 154 valence electrons. The molecule has 2 aromatic carbocycles. The molecule has 2 aromatic rings. The molecule has 3 heteroatoms. The van der Waals surface area contributed by atoms with Gasteiger partial charge in [-0.15, -0.1) is 0 Å². The van der Waals surface area contributed by atoms with E-state index in [4.69, 9.17) is 4.21 Å². The van der Waals surface area contributed by atoms with Crippen LogP contribution in [-0.2, 0) is 18.3 Å². The zero-order chi connectivity index (χ0) is 19.6. The van der Waals surface area contributed by atoms with Crippen molar-refractivity contribution in [1.29, 1.82) is 0 Å². The molecule has 0 radical (unpaired) electrons. The van der Waals surface area contributed by atoms with Crippen LogP contribution < -0.4 is 24.8 Å². The van der Waals surface area contributed by atoms with Crippen molar-refractivity contribution in [2.75, 3.05) is 0 Å². The van der Waals surface area contributed by atoms with E-state index >= 15 is 0 Å². The Hall–Kier alpha value is -0.747. The van der Waals surface area contributed by atoms with E-state index in [-0.39, 0.29) is 30.2 Å². The minimum Gasteiger partial charge on any atom is -1.00 e. The van der Waals surface area contributed by atoms with Crippen molar-refractivity contribution in [2.45, 2.75) is 40.6 Å². The smallest absolute Gasteiger partial charge is 1.00 e. The first-order valence-electron chi connectivity index (χ1n) is 10.2. The number of fused-ring (bicyclic) bond motifs is 3. The number of halogens is 2. The summed E-state index contributed by atoms with van der Waals surface area (Å²) in [5, 5.41) is 0. The maximum absolute atomic E-state index is 5.14. The molecule has 4 rings (SSSR count). The number of rotatable bonds is 2. The van der Waals surface area contributed by atoms with E-state index < -0.39 is 18.3 Å². The fraction of sp³-hybridized carbons (Fsp3) is 0.346. The van der Waals surface area contributed by atoms with E-state index in [0.717, 1.165) is 0 Å². The van der Waals surface area contributed by atoms with Gasteiger partial charge in [0.1, 0.15) is 0 Å². The van der Waals surface area contributed by atoms with Crippen LogP contribution in [0.25, 0.3) is 11.1 Å². The molecule has 0 fully saturated rings. The minimum atomic E-state index is -3.56. The molecule has 0 saturated carbocycles. The summed E-state index contributed by atoms with van der Waals surface area (Å²) in [6, 6.07) is 18.0. The van der Waals surface area contributed by atoms with Gasteiger partial charge in [-0.1, -0.05) is 0 Å². The molecule has 1 unspecified atom stereocenters. The van der Waals surface area contributed by atoms with Crippen LogP contribution in [0.15, 0.2) is 69.5 Å². The fourth-order valence-corrected chi connectivity index (χ4v) is 17.9. The summed E-state index contributed by atoms with van der Waals surface area (Å²) in [6.45, 7) is 9.35. The normalized spacial score (nSPS) is 17.9. The first-order valence-corrected chi connectivity index (χ1v) is 19.5. The van der Waals surface area contributed by atoms with E-state index in [1.165, 1.54) is 27.8 Å². The minimum absolute atomic E-state index is 0. The molecule has 1 atom stereocenters. The SMILES string of the molecule is [CH2]=[Zr+2]([CH3])([CH3])([C]1=CC(C(C)(C)C)=CC1C)[CH]1c2ccccc2-c2ccccc21.[Cl-].[Cl-]. The summed E-state index contributed by atoms with van der Waals surface area (Å²) >= 11 is -3.56. The van der Waals surface area contributed by atoms with Gasteiger partial charge in [0.25, 0.3) is 0 Å². The van der Waals surface area contributed by atoms with Crippen molar-refractivity contribution >= 4 is 4.21 Å². The van der Waals surface area contributed by atoms with E-state index in [1.54, 1.807) is 3.28 Å². The van der Waals surface area contributed by atoms with E-state index in [1.807, 2.05) is 0 Å². The van der Waals surface area contributed by atoms with Gasteiger partial charge in [0.15, 0.2) is 0 Å². The van der Waals surface area contributed by atoms with Gasteiger partial charge in [-0.2, -0.15) is 0 Å². The second-order valence-electron chi connectivity index (χ2n) is 10.7. The van der Waals surface area contributed by atoms with Crippen LogP contribution in [0.4, 0.5) is 0 Å². The molecular weight excluding hydrogens is 474 g/mol. The van der Waals surface area contributed by atoms with Crippen LogP contribution in [0, 0.1) is 11.3 Å². The van der Waals surface area contributed by atoms with Crippen LogP contribution in [0.2, 0.25) is 9.26 Å². The molecule has 0 aromatic heterocycles. The summed E-state index contributed by atoms with van der Waals surface area (Å²) in [7, 11) is 0. The van der Waals surface area contributed by atoms with Crippen molar-refractivity contribution in [3.63, 3.8) is 0 Å². The maximum atomic E-state index is 5.14. The first kappa shape index (κ1) is 24.5. The Bertz CT molecular complexity index is 1010. The van der Waals surface area contributed by atoms with E-state index in [0.29, 0.717) is 9.54 Å². The molecule has 0 saturated heterocycles. The van der Waals surface area contributed by atoms with Gasteiger partial charge in [-0.25, -0.2) is 0 Å². The Labute approximate surface area is 189 Å². The van der Waals surface area contributed by atoms with Crippen molar-refractivity contribution < 1.29 is 43.1 Å².